The van der Waals surface area contributed by atoms with Crippen LogP contribution in [0.4, 0.5) is 4.79 Å². The molecule has 1 saturated carbocycles. The molecule has 0 aromatic rings. The standard InChI is InChI=1S/C8H14N2O3/c9-8(13)10-6-3-1-5(2-4-6)7(11)12/h5-6H,1-4H2,(H,11,12)(H3,9,10,13). The highest BCUT2D eigenvalue weighted by Gasteiger charge is 2.26. The molecule has 13 heavy (non-hydrogen) atoms. The minimum absolute atomic E-state index is 0.0631. The molecule has 0 heterocycles. The van der Waals surface area contributed by atoms with Crippen molar-refractivity contribution in [2.24, 2.45) is 11.7 Å². The van der Waals surface area contributed by atoms with Crippen molar-refractivity contribution in [1.82, 2.24) is 5.32 Å². The molecule has 0 spiro atoms. The van der Waals surface area contributed by atoms with Crippen molar-refractivity contribution < 1.29 is 14.7 Å². The Bertz CT molecular complexity index is 209. The normalized spacial score (nSPS) is 28.0. The molecule has 1 aliphatic carbocycles. The molecule has 1 rings (SSSR count). The molecule has 0 unspecified atom stereocenters. The van der Waals surface area contributed by atoms with Gasteiger partial charge in [-0.05, 0) is 25.7 Å². The molecule has 1 fully saturated rings. The van der Waals surface area contributed by atoms with Crippen LogP contribution in [0.15, 0.2) is 0 Å². The molecular formula is C8H14N2O3. The van der Waals surface area contributed by atoms with Gasteiger partial charge >= 0.3 is 12.0 Å². The average molecular weight is 186 g/mol. The Kier molecular flexibility index (Phi) is 3.11. The summed E-state index contributed by atoms with van der Waals surface area (Å²) in [4.78, 5) is 21.0. The monoisotopic (exact) mass is 186 g/mol. The molecule has 1 aliphatic rings. The van der Waals surface area contributed by atoms with E-state index >= 15 is 0 Å². The lowest BCUT2D eigenvalue weighted by Gasteiger charge is -2.25. The number of carboxylic acids is 1. The molecule has 4 N–H and O–H groups in total. The minimum Gasteiger partial charge on any atom is -0.481 e. The topological polar surface area (TPSA) is 92.4 Å². The Morgan fingerprint density at radius 1 is 1.23 bits per heavy atom. The Morgan fingerprint density at radius 2 is 1.77 bits per heavy atom. The number of carbonyl (C=O) groups excluding carboxylic acids is 1. The average Bonchev–Trinajstić information content (AvgIpc) is 2.04. The molecular weight excluding hydrogens is 172 g/mol. The molecule has 0 saturated heterocycles. The Labute approximate surface area is 76.3 Å². The van der Waals surface area contributed by atoms with E-state index in [4.69, 9.17) is 10.8 Å². The van der Waals surface area contributed by atoms with Gasteiger partial charge in [0.25, 0.3) is 0 Å². The SMILES string of the molecule is NC(=O)NC1CCC(C(=O)O)CC1. The van der Waals surface area contributed by atoms with Crippen LogP contribution in [-0.4, -0.2) is 23.1 Å². The predicted octanol–water partition coefficient (Wildman–Crippen LogP) is 0.298. The van der Waals surface area contributed by atoms with E-state index in [1.165, 1.54) is 0 Å². The van der Waals surface area contributed by atoms with Crippen molar-refractivity contribution in [2.45, 2.75) is 31.7 Å². The summed E-state index contributed by atoms with van der Waals surface area (Å²) in [6.07, 6.45) is 2.67. The summed E-state index contributed by atoms with van der Waals surface area (Å²) in [5.41, 5.74) is 4.95. The van der Waals surface area contributed by atoms with Gasteiger partial charge in [-0.1, -0.05) is 0 Å². The minimum atomic E-state index is -0.738. The number of carbonyl (C=O) groups is 2. The molecule has 2 amide bonds. The number of nitrogens with two attached hydrogens (primary N) is 1. The van der Waals surface area contributed by atoms with Crippen LogP contribution in [0.5, 0.6) is 0 Å². The number of aliphatic carboxylic acids is 1. The number of primary amides is 1. The Morgan fingerprint density at radius 3 is 2.15 bits per heavy atom. The quantitative estimate of drug-likeness (QED) is 0.579. The second-order valence-corrected chi connectivity index (χ2v) is 3.40. The maximum atomic E-state index is 10.6. The van der Waals surface area contributed by atoms with E-state index in [0.29, 0.717) is 25.7 Å². The van der Waals surface area contributed by atoms with Gasteiger partial charge < -0.3 is 16.2 Å². The van der Waals surface area contributed by atoms with Crippen molar-refractivity contribution in [2.75, 3.05) is 0 Å². The Hall–Kier alpha value is -1.26. The predicted molar refractivity (Wildman–Crippen MR) is 46.1 cm³/mol. The number of carboxylic acid groups (broad SMARTS) is 1. The largest absolute Gasteiger partial charge is 0.481 e. The molecule has 0 aromatic heterocycles. The summed E-state index contributed by atoms with van der Waals surface area (Å²) >= 11 is 0. The first-order valence-electron chi connectivity index (χ1n) is 4.38. The highest BCUT2D eigenvalue weighted by molar-refractivity contribution is 5.72. The zero-order valence-electron chi connectivity index (χ0n) is 7.32. The number of nitrogens with one attached hydrogen (secondary N) is 1. The van der Waals surface area contributed by atoms with E-state index in [-0.39, 0.29) is 12.0 Å². The van der Waals surface area contributed by atoms with Crippen molar-refractivity contribution in [3.63, 3.8) is 0 Å². The first-order valence-corrected chi connectivity index (χ1v) is 4.38. The molecule has 0 aliphatic heterocycles. The van der Waals surface area contributed by atoms with Gasteiger partial charge in [0.1, 0.15) is 0 Å². The van der Waals surface area contributed by atoms with E-state index in [1.54, 1.807) is 0 Å². The smallest absolute Gasteiger partial charge is 0.312 e. The second-order valence-electron chi connectivity index (χ2n) is 3.40. The maximum absolute atomic E-state index is 10.6. The fraction of sp³-hybridized carbons (Fsp3) is 0.750. The van der Waals surface area contributed by atoms with Crippen LogP contribution >= 0.6 is 0 Å². The van der Waals surface area contributed by atoms with Crippen molar-refractivity contribution in [3.05, 3.63) is 0 Å². The Balaban J connectivity index is 2.30. The van der Waals surface area contributed by atoms with Gasteiger partial charge in [0.15, 0.2) is 0 Å². The van der Waals surface area contributed by atoms with Crippen LogP contribution in [0.25, 0.3) is 0 Å². The van der Waals surface area contributed by atoms with Gasteiger partial charge in [-0.2, -0.15) is 0 Å². The van der Waals surface area contributed by atoms with Crippen LogP contribution in [0, 0.1) is 5.92 Å². The van der Waals surface area contributed by atoms with E-state index in [0.717, 1.165) is 0 Å². The van der Waals surface area contributed by atoms with Gasteiger partial charge in [0.2, 0.25) is 0 Å². The third-order valence-corrected chi connectivity index (χ3v) is 2.42. The zero-order valence-corrected chi connectivity index (χ0v) is 7.32. The van der Waals surface area contributed by atoms with Crippen LogP contribution in [0.2, 0.25) is 0 Å². The van der Waals surface area contributed by atoms with Gasteiger partial charge in [-0.3, -0.25) is 4.79 Å². The highest BCUT2D eigenvalue weighted by atomic mass is 16.4. The summed E-state index contributed by atoms with van der Waals surface area (Å²) < 4.78 is 0. The van der Waals surface area contributed by atoms with Crippen molar-refractivity contribution >= 4 is 12.0 Å². The second kappa shape index (κ2) is 4.11. The highest BCUT2D eigenvalue weighted by Crippen LogP contribution is 2.24. The van der Waals surface area contributed by atoms with Gasteiger partial charge in [-0.25, -0.2) is 4.79 Å². The summed E-state index contributed by atoms with van der Waals surface area (Å²) in [5.74, 6) is -0.983. The van der Waals surface area contributed by atoms with Crippen molar-refractivity contribution in [3.8, 4) is 0 Å². The van der Waals surface area contributed by atoms with Crippen LogP contribution in [0.1, 0.15) is 25.7 Å². The van der Waals surface area contributed by atoms with Gasteiger partial charge in [0.05, 0.1) is 5.92 Å². The maximum Gasteiger partial charge on any atom is 0.312 e. The third kappa shape index (κ3) is 2.93. The zero-order chi connectivity index (χ0) is 9.84. The first-order chi connectivity index (χ1) is 6.09. The molecule has 0 radical (unpaired) electrons. The lowest BCUT2D eigenvalue weighted by atomic mass is 9.86. The number of urea groups is 1. The molecule has 0 atom stereocenters. The fourth-order valence-corrected chi connectivity index (χ4v) is 1.69. The summed E-state index contributed by atoms with van der Waals surface area (Å²) in [6.45, 7) is 0. The molecule has 5 heteroatoms. The lowest BCUT2D eigenvalue weighted by molar-refractivity contribution is -0.142. The van der Waals surface area contributed by atoms with Crippen molar-refractivity contribution in [1.29, 1.82) is 0 Å². The van der Waals surface area contributed by atoms with E-state index in [9.17, 15) is 9.59 Å². The van der Waals surface area contributed by atoms with E-state index in [2.05, 4.69) is 5.32 Å². The first kappa shape index (κ1) is 9.83. The van der Waals surface area contributed by atoms with E-state index in [1.807, 2.05) is 0 Å². The fourth-order valence-electron chi connectivity index (χ4n) is 1.69. The molecule has 0 aromatic carbocycles. The molecule has 0 bridgehead atoms. The van der Waals surface area contributed by atoms with Gasteiger partial charge in [0, 0.05) is 6.04 Å². The number of rotatable bonds is 2. The lowest BCUT2D eigenvalue weighted by Crippen LogP contribution is -2.41. The molecule has 74 valence electrons. The summed E-state index contributed by atoms with van der Waals surface area (Å²) in [6, 6.07) is -0.466. The molecule has 5 nitrogen and oxygen atoms in total. The summed E-state index contributed by atoms with van der Waals surface area (Å²) in [7, 11) is 0. The number of hydrogen-bond acceptors (Lipinski definition) is 2. The summed E-state index contributed by atoms with van der Waals surface area (Å²) in [5, 5.41) is 11.3. The van der Waals surface area contributed by atoms with Crippen LogP contribution < -0.4 is 11.1 Å². The number of hydrogen-bond donors (Lipinski definition) is 3. The van der Waals surface area contributed by atoms with E-state index < -0.39 is 12.0 Å². The van der Waals surface area contributed by atoms with Crippen LogP contribution in [-0.2, 0) is 4.79 Å². The van der Waals surface area contributed by atoms with Gasteiger partial charge in [-0.15, -0.1) is 0 Å². The third-order valence-electron chi connectivity index (χ3n) is 2.42. The number of amides is 2. The van der Waals surface area contributed by atoms with Crippen LogP contribution in [0.3, 0.4) is 0 Å².